The average molecular weight is 801 g/mol. The number of aromatic nitrogens is 8. The van der Waals surface area contributed by atoms with Crippen LogP contribution in [0, 0.1) is 27.7 Å². The van der Waals surface area contributed by atoms with Gasteiger partial charge in [-0.05, 0) is 51.4 Å². The molecule has 4 aromatic heterocycles. The van der Waals surface area contributed by atoms with Gasteiger partial charge in [0.1, 0.15) is 49.6 Å². The van der Waals surface area contributed by atoms with Crippen molar-refractivity contribution in [1.29, 1.82) is 0 Å². The van der Waals surface area contributed by atoms with E-state index in [1.165, 1.54) is 152 Å². The lowest BCUT2D eigenvalue weighted by Crippen LogP contribution is -3.00. The Morgan fingerprint density at radius 3 is 0.625 bits per heavy atom. The van der Waals surface area contributed by atoms with Crippen LogP contribution in [0.15, 0.2) is 49.6 Å². The quantitative estimate of drug-likeness (QED) is 0.0515. The van der Waals surface area contributed by atoms with Gasteiger partial charge in [0.05, 0.1) is 54.4 Å². The van der Waals surface area contributed by atoms with Gasteiger partial charge in [0.25, 0.3) is 23.3 Å². The summed E-state index contributed by atoms with van der Waals surface area (Å²) < 4.78 is 18.0. The summed E-state index contributed by atoms with van der Waals surface area (Å²) in [6.45, 7) is 22.4. The van der Waals surface area contributed by atoms with Gasteiger partial charge in [0, 0.05) is 27.7 Å². The zero-order valence-electron chi connectivity index (χ0n) is 37.9. The number of hydrogen-bond donors (Lipinski definition) is 0. The zero-order chi connectivity index (χ0) is 38.7. The lowest BCUT2D eigenvalue weighted by atomic mass is 10.2. The normalized spacial score (nSPS) is 9.93. The number of hydrogen-bond acceptors (Lipinski definition) is 0. The van der Waals surface area contributed by atoms with Crippen molar-refractivity contribution in [1.82, 2.24) is 18.3 Å². The number of halogens is 4. The predicted molar refractivity (Wildman–Crippen MR) is 218 cm³/mol. The minimum Gasteiger partial charge on any atom is -1.00 e. The molecule has 0 saturated heterocycles. The molecule has 12 heteroatoms. The highest BCUT2D eigenvalue weighted by molar-refractivity contribution is 4.81. The molecule has 0 saturated carbocycles. The van der Waals surface area contributed by atoms with Crippen LogP contribution in [0.1, 0.15) is 154 Å². The summed E-state index contributed by atoms with van der Waals surface area (Å²) >= 11 is 0. The molecular formula is C44H84F4N8. The summed E-state index contributed by atoms with van der Waals surface area (Å²) in [5.41, 5.74) is 0. The van der Waals surface area contributed by atoms with Crippen LogP contribution >= 0.6 is 0 Å². The molecule has 0 aliphatic carbocycles. The van der Waals surface area contributed by atoms with Crippen LogP contribution in [0.4, 0.5) is 0 Å². The van der Waals surface area contributed by atoms with E-state index in [0.29, 0.717) is 0 Å². The van der Waals surface area contributed by atoms with Crippen LogP contribution in [0.2, 0.25) is 0 Å². The van der Waals surface area contributed by atoms with Gasteiger partial charge in [-0.3, -0.25) is 0 Å². The second kappa shape index (κ2) is 35.9. The molecule has 0 radical (unpaired) electrons. The van der Waals surface area contributed by atoms with Gasteiger partial charge >= 0.3 is 0 Å². The molecule has 4 heterocycles. The number of nitrogens with zero attached hydrogens (tertiary/aromatic N) is 8. The maximum atomic E-state index is 2.33. The van der Waals surface area contributed by atoms with Crippen LogP contribution in [0.25, 0.3) is 0 Å². The lowest BCUT2D eigenvalue weighted by molar-refractivity contribution is -0.677. The first-order valence-corrected chi connectivity index (χ1v) is 21.1. The van der Waals surface area contributed by atoms with Crippen molar-refractivity contribution in [2.45, 2.75) is 184 Å². The van der Waals surface area contributed by atoms with E-state index in [0.717, 1.165) is 0 Å². The molecule has 0 aliphatic rings. The molecule has 56 heavy (non-hydrogen) atoms. The Kier molecular flexibility index (Phi) is 38.0. The Balaban J connectivity index is -0.000000314. The standard InChI is InChI=1S/4C11H21N2.4FH/c4*1-4-5-6-7-8-13-10-9-12(3)11(13)2;;;;/h4*9-10H,4-8H2,1-3H3;4*1H/q4*+1;;;;/p-4. The van der Waals surface area contributed by atoms with E-state index in [4.69, 9.17) is 0 Å². The van der Waals surface area contributed by atoms with Gasteiger partial charge in [-0.25, -0.2) is 36.5 Å². The first-order chi connectivity index (χ1) is 25.0. The minimum atomic E-state index is 0. The average Bonchev–Trinajstić information content (AvgIpc) is 3.86. The van der Waals surface area contributed by atoms with Crippen molar-refractivity contribution < 1.29 is 37.1 Å². The Morgan fingerprint density at radius 1 is 0.321 bits per heavy atom. The van der Waals surface area contributed by atoms with Gasteiger partial charge in [-0.2, -0.15) is 0 Å². The van der Waals surface area contributed by atoms with Gasteiger partial charge in [-0.15, -0.1) is 0 Å². The Hall–Kier alpha value is -3.44. The number of rotatable bonds is 20. The van der Waals surface area contributed by atoms with E-state index in [1.54, 1.807) is 0 Å². The van der Waals surface area contributed by atoms with Crippen LogP contribution in [0.5, 0.6) is 0 Å². The molecule has 0 fully saturated rings. The highest BCUT2D eigenvalue weighted by Gasteiger charge is 2.09. The van der Waals surface area contributed by atoms with Crippen molar-refractivity contribution >= 4 is 0 Å². The summed E-state index contributed by atoms with van der Waals surface area (Å²) in [6.07, 6.45) is 38.6. The van der Waals surface area contributed by atoms with Crippen molar-refractivity contribution in [2.75, 3.05) is 0 Å². The van der Waals surface area contributed by atoms with Gasteiger partial charge in [0.2, 0.25) is 0 Å². The summed E-state index contributed by atoms with van der Waals surface area (Å²) in [7, 11) is 8.38. The smallest absolute Gasteiger partial charge is 0.253 e. The monoisotopic (exact) mass is 801 g/mol. The molecule has 0 aromatic carbocycles. The first kappa shape index (κ1) is 59.3. The van der Waals surface area contributed by atoms with E-state index in [1.807, 2.05) is 0 Å². The van der Waals surface area contributed by atoms with Crippen LogP contribution < -0.4 is 37.1 Å². The number of imidazole rings is 4. The SMILES string of the molecule is CCCCCCn1cc[n+](C)c1C.CCCCCCn1cc[n+](C)c1C.CCCCCCn1cc[n+](C)c1C.CCCCCCn1cc[n+](C)c1C.[F-].[F-].[F-].[F-]. The van der Waals surface area contributed by atoms with E-state index in [2.05, 4.69) is 170 Å². The maximum absolute atomic E-state index is 2.33. The Morgan fingerprint density at radius 2 is 0.500 bits per heavy atom. The Labute approximate surface area is 340 Å². The van der Waals surface area contributed by atoms with Crippen molar-refractivity contribution in [2.24, 2.45) is 28.2 Å². The van der Waals surface area contributed by atoms with E-state index in [9.17, 15) is 0 Å². The summed E-state index contributed by atoms with van der Waals surface area (Å²) in [5.74, 6) is 5.38. The molecule has 0 unspecified atom stereocenters. The fourth-order valence-corrected chi connectivity index (χ4v) is 6.18. The predicted octanol–water partition coefficient (Wildman–Crippen LogP) is -3.18. The molecule has 0 bridgehead atoms. The molecule has 4 rings (SSSR count). The number of aryl methyl sites for hydroxylation is 8. The lowest BCUT2D eigenvalue weighted by Gasteiger charge is -1.98. The van der Waals surface area contributed by atoms with Crippen molar-refractivity contribution in [3.63, 3.8) is 0 Å². The molecule has 8 nitrogen and oxygen atoms in total. The fraction of sp³-hybridized carbons (Fsp3) is 0.727. The molecule has 4 aromatic rings. The fourth-order valence-electron chi connectivity index (χ4n) is 6.18. The largest absolute Gasteiger partial charge is 1.00 e. The second-order valence-corrected chi connectivity index (χ2v) is 14.8. The Bertz CT molecular complexity index is 1240. The van der Waals surface area contributed by atoms with Crippen molar-refractivity contribution in [3.05, 3.63) is 72.9 Å². The zero-order valence-corrected chi connectivity index (χ0v) is 37.9. The topological polar surface area (TPSA) is 35.2 Å². The molecule has 328 valence electrons. The van der Waals surface area contributed by atoms with E-state index in [-0.39, 0.29) is 18.8 Å². The molecular weight excluding hydrogens is 717 g/mol. The summed E-state index contributed by atoms with van der Waals surface area (Å²) in [6, 6.07) is 0. The highest BCUT2D eigenvalue weighted by atomic mass is 19.0. The molecule has 0 spiro atoms. The second-order valence-electron chi connectivity index (χ2n) is 14.8. The molecule has 0 N–H and O–H groups in total. The number of unbranched alkanes of at least 4 members (excludes halogenated alkanes) is 12. The molecule has 0 aliphatic heterocycles. The van der Waals surface area contributed by atoms with Gasteiger partial charge in [0.15, 0.2) is 0 Å². The summed E-state index contributed by atoms with van der Waals surface area (Å²) in [4.78, 5) is 0. The third kappa shape index (κ3) is 23.6. The third-order valence-corrected chi connectivity index (χ3v) is 10.6. The van der Waals surface area contributed by atoms with E-state index < -0.39 is 0 Å². The molecule has 0 amide bonds. The van der Waals surface area contributed by atoms with Crippen LogP contribution in [-0.2, 0) is 54.4 Å². The van der Waals surface area contributed by atoms with Crippen molar-refractivity contribution in [3.8, 4) is 0 Å². The first-order valence-electron chi connectivity index (χ1n) is 21.1. The maximum Gasteiger partial charge on any atom is 0.253 e. The van der Waals surface area contributed by atoms with Crippen LogP contribution in [0.3, 0.4) is 0 Å². The molecule has 0 atom stereocenters. The van der Waals surface area contributed by atoms with Crippen LogP contribution in [-0.4, -0.2) is 18.3 Å². The van der Waals surface area contributed by atoms with Gasteiger partial charge < -0.3 is 18.8 Å². The highest BCUT2D eigenvalue weighted by Crippen LogP contribution is 2.05. The third-order valence-electron chi connectivity index (χ3n) is 10.6. The minimum absolute atomic E-state index is 0. The summed E-state index contributed by atoms with van der Waals surface area (Å²) in [5, 5.41) is 0. The van der Waals surface area contributed by atoms with E-state index >= 15 is 0 Å². The van der Waals surface area contributed by atoms with Gasteiger partial charge in [-0.1, -0.05) is 79.1 Å².